The van der Waals surface area contributed by atoms with Crippen molar-refractivity contribution in [3.63, 3.8) is 0 Å². The van der Waals surface area contributed by atoms with Gasteiger partial charge in [-0.25, -0.2) is 0 Å². The smallest absolute Gasteiger partial charge is 0.309 e. The van der Waals surface area contributed by atoms with Crippen molar-refractivity contribution < 1.29 is 9.90 Å². The molecule has 3 atom stereocenters. The molecule has 12 heavy (non-hydrogen) atoms. The number of thioether (sulfide) groups is 1. The van der Waals surface area contributed by atoms with Gasteiger partial charge in [-0.05, 0) is 31.4 Å². The van der Waals surface area contributed by atoms with E-state index in [1.165, 1.54) is 6.42 Å². The van der Waals surface area contributed by atoms with Gasteiger partial charge in [0.25, 0.3) is 0 Å². The zero-order valence-corrected chi connectivity index (χ0v) is 8.06. The molecule has 0 aliphatic heterocycles. The average Bonchev–Trinajstić information content (AvgIpc) is 2.78. The molecule has 0 aromatic carbocycles. The molecule has 2 nitrogen and oxygen atoms in total. The second kappa shape index (κ2) is 2.66. The van der Waals surface area contributed by atoms with E-state index in [0.29, 0.717) is 11.2 Å². The SMILES string of the molecule is CSC1CCCC2(C(=O)O)CC12. The maximum absolute atomic E-state index is 11.0. The lowest BCUT2D eigenvalue weighted by atomic mass is 9.88. The van der Waals surface area contributed by atoms with E-state index in [2.05, 4.69) is 6.26 Å². The summed E-state index contributed by atoms with van der Waals surface area (Å²) in [7, 11) is 0. The molecule has 68 valence electrons. The summed E-state index contributed by atoms with van der Waals surface area (Å²) in [4.78, 5) is 11.0. The molecule has 3 heteroatoms. The van der Waals surface area contributed by atoms with E-state index < -0.39 is 5.97 Å². The molecule has 0 amide bonds. The van der Waals surface area contributed by atoms with Gasteiger partial charge in [0.1, 0.15) is 0 Å². The van der Waals surface area contributed by atoms with Crippen LogP contribution in [0.1, 0.15) is 25.7 Å². The second-order valence-corrected chi connectivity index (χ2v) is 5.02. The van der Waals surface area contributed by atoms with Crippen LogP contribution in [0.25, 0.3) is 0 Å². The number of carbonyl (C=O) groups is 1. The van der Waals surface area contributed by atoms with Crippen molar-refractivity contribution in [3.05, 3.63) is 0 Å². The third-order valence-corrected chi connectivity index (χ3v) is 4.59. The Labute approximate surface area is 76.7 Å². The highest BCUT2D eigenvalue weighted by Gasteiger charge is 2.63. The summed E-state index contributed by atoms with van der Waals surface area (Å²) in [5.41, 5.74) is -0.286. The van der Waals surface area contributed by atoms with Crippen LogP contribution in [-0.2, 0) is 4.79 Å². The number of rotatable bonds is 2. The fraction of sp³-hybridized carbons (Fsp3) is 0.889. The molecule has 0 bridgehead atoms. The molecule has 0 heterocycles. The Kier molecular flexibility index (Phi) is 1.86. The van der Waals surface area contributed by atoms with Crippen molar-refractivity contribution in [2.75, 3.05) is 6.26 Å². The molecule has 3 unspecified atom stereocenters. The molecule has 0 aromatic rings. The van der Waals surface area contributed by atoms with Gasteiger partial charge in [-0.3, -0.25) is 4.79 Å². The number of aliphatic carboxylic acids is 1. The van der Waals surface area contributed by atoms with Crippen LogP contribution < -0.4 is 0 Å². The fourth-order valence-electron chi connectivity index (χ4n) is 2.56. The van der Waals surface area contributed by atoms with Crippen molar-refractivity contribution in [2.24, 2.45) is 11.3 Å². The van der Waals surface area contributed by atoms with Crippen LogP contribution in [-0.4, -0.2) is 22.6 Å². The molecular formula is C9H14O2S. The maximum Gasteiger partial charge on any atom is 0.309 e. The van der Waals surface area contributed by atoms with E-state index in [9.17, 15) is 4.79 Å². The lowest BCUT2D eigenvalue weighted by Crippen LogP contribution is -2.26. The number of carboxylic acids is 1. The van der Waals surface area contributed by atoms with Crippen molar-refractivity contribution in [1.82, 2.24) is 0 Å². The minimum Gasteiger partial charge on any atom is -0.481 e. The first-order valence-corrected chi connectivity index (χ1v) is 5.76. The van der Waals surface area contributed by atoms with E-state index in [-0.39, 0.29) is 5.41 Å². The van der Waals surface area contributed by atoms with Gasteiger partial charge < -0.3 is 5.11 Å². The Bertz CT molecular complexity index is 217. The van der Waals surface area contributed by atoms with Crippen LogP contribution in [0, 0.1) is 11.3 Å². The van der Waals surface area contributed by atoms with Gasteiger partial charge in [0.2, 0.25) is 0 Å². The third-order valence-electron chi connectivity index (χ3n) is 3.42. The Morgan fingerprint density at radius 1 is 1.67 bits per heavy atom. The predicted octanol–water partition coefficient (Wildman–Crippen LogP) is 1.99. The zero-order chi connectivity index (χ0) is 8.77. The van der Waals surface area contributed by atoms with Gasteiger partial charge in [0.15, 0.2) is 0 Å². The van der Waals surface area contributed by atoms with Crippen LogP contribution in [0.5, 0.6) is 0 Å². The Morgan fingerprint density at radius 2 is 2.42 bits per heavy atom. The summed E-state index contributed by atoms with van der Waals surface area (Å²) >= 11 is 1.85. The monoisotopic (exact) mass is 186 g/mol. The number of carboxylic acid groups (broad SMARTS) is 1. The highest BCUT2D eigenvalue weighted by Crippen LogP contribution is 2.63. The molecule has 2 rings (SSSR count). The molecule has 1 N–H and O–H groups in total. The quantitative estimate of drug-likeness (QED) is 0.716. The molecule has 2 saturated carbocycles. The van der Waals surface area contributed by atoms with Gasteiger partial charge in [-0.15, -0.1) is 0 Å². The van der Waals surface area contributed by atoms with Crippen molar-refractivity contribution in [3.8, 4) is 0 Å². The lowest BCUT2D eigenvalue weighted by Gasteiger charge is -2.24. The van der Waals surface area contributed by atoms with Gasteiger partial charge >= 0.3 is 5.97 Å². The summed E-state index contributed by atoms with van der Waals surface area (Å²) in [5, 5.41) is 9.66. The summed E-state index contributed by atoms with van der Waals surface area (Å²) < 4.78 is 0. The summed E-state index contributed by atoms with van der Waals surface area (Å²) in [6, 6.07) is 0. The lowest BCUT2D eigenvalue weighted by molar-refractivity contribution is -0.144. The maximum atomic E-state index is 11.0. The van der Waals surface area contributed by atoms with E-state index in [0.717, 1.165) is 19.3 Å². The van der Waals surface area contributed by atoms with Gasteiger partial charge in [-0.2, -0.15) is 11.8 Å². The number of hydrogen-bond donors (Lipinski definition) is 1. The molecule has 0 spiro atoms. The second-order valence-electron chi connectivity index (χ2n) is 3.94. The molecule has 0 radical (unpaired) electrons. The van der Waals surface area contributed by atoms with E-state index in [1.807, 2.05) is 11.8 Å². The van der Waals surface area contributed by atoms with Gasteiger partial charge in [-0.1, -0.05) is 6.42 Å². The van der Waals surface area contributed by atoms with Crippen molar-refractivity contribution in [2.45, 2.75) is 30.9 Å². The third kappa shape index (κ3) is 0.987. The van der Waals surface area contributed by atoms with E-state index in [1.54, 1.807) is 0 Å². The van der Waals surface area contributed by atoms with Crippen molar-refractivity contribution >= 4 is 17.7 Å². The fourth-order valence-corrected chi connectivity index (χ4v) is 3.65. The topological polar surface area (TPSA) is 37.3 Å². The van der Waals surface area contributed by atoms with Crippen LogP contribution in [0.2, 0.25) is 0 Å². The minimum absolute atomic E-state index is 0.286. The summed E-state index contributed by atoms with van der Waals surface area (Å²) in [5.74, 6) is -0.0648. The number of hydrogen-bond acceptors (Lipinski definition) is 2. The van der Waals surface area contributed by atoms with Gasteiger partial charge in [0, 0.05) is 5.25 Å². The standard InChI is InChI=1S/C9H14O2S/c1-12-7-3-2-4-9(8(10)11)5-6(7)9/h6-7H,2-5H2,1H3,(H,10,11). The Morgan fingerprint density at radius 3 is 3.00 bits per heavy atom. The highest BCUT2D eigenvalue weighted by molar-refractivity contribution is 7.99. The van der Waals surface area contributed by atoms with E-state index in [4.69, 9.17) is 5.11 Å². The van der Waals surface area contributed by atoms with Crippen LogP contribution >= 0.6 is 11.8 Å². The zero-order valence-electron chi connectivity index (χ0n) is 7.25. The van der Waals surface area contributed by atoms with Crippen LogP contribution in [0.3, 0.4) is 0 Å². The highest BCUT2D eigenvalue weighted by atomic mass is 32.2. The van der Waals surface area contributed by atoms with Crippen LogP contribution in [0.4, 0.5) is 0 Å². The Balaban J connectivity index is 2.10. The average molecular weight is 186 g/mol. The molecular weight excluding hydrogens is 172 g/mol. The first kappa shape index (κ1) is 8.42. The summed E-state index contributed by atoms with van der Waals surface area (Å²) in [6.07, 6.45) is 6.29. The van der Waals surface area contributed by atoms with Gasteiger partial charge in [0.05, 0.1) is 5.41 Å². The molecule has 0 saturated heterocycles. The van der Waals surface area contributed by atoms with Crippen LogP contribution in [0.15, 0.2) is 0 Å². The normalized spacial score (nSPS) is 45.1. The minimum atomic E-state index is -0.550. The number of fused-ring (bicyclic) bond motifs is 1. The first-order valence-electron chi connectivity index (χ1n) is 4.47. The molecule has 0 aromatic heterocycles. The predicted molar refractivity (Wildman–Crippen MR) is 49.3 cm³/mol. The molecule has 2 aliphatic rings. The largest absolute Gasteiger partial charge is 0.481 e. The van der Waals surface area contributed by atoms with E-state index >= 15 is 0 Å². The molecule has 2 fully saturated rings. The summed E-state index contributed by atoms with van der Waals surface area (Å²) in [6.45, 7) is 0. The first-order chi connectivity index (χ1) is 5.70. The Hall–Kier alpha value is -0.180. The van der Waals surface area contributed by atoms with Crippen molar-refractivity contribution in [1.29, 1.82) is 0 Å². The molecule has 2 aliphatic carbocycles.